The zero-order valence-electron chi connectivity index (χ0n) is 10.3. The fraction of sp³-hybridized carbons (Fsp3) is 0.333. The van der Waals surface area contributed by atoms with Crippen molar-refractivity contribution in [2.75, 3.05) is 11.9 Å². The lowest BCUT2D eigenvalue weighted by atomic mass is 10.2. The van der Waals surface area contributed by atoms with Crippen molar-refractivity contribution in [2.24, 2.45) is 0 Å². The van der Waals surface area contributed by atoms with Crippen LogP contribution in [0.15, 0.2) is 18.2 Å². The lowest BCUT2D eigenvalue weighted by Gasteiger charge is -2.14. The van der Waals surface area contributed by atoms with Crippen LogP contribution in [0, 0.1) is 12.7 Å². The van der Waals surface area contributed by atoms with Crippen LogP contribution >= 0.6 is 0 Å². The Morgan fingerprint density at radius 3 is 2.63 bits per heavy atom. The summed E-state index contributed by atoms with van der Waals surface area (Å²) in [5, 5.41) is 21.8. The number of aliphatic carboxylic acids is 1. The summed E-state index contributed by atoms with van der Waals surface area (Å²) >= 11 is 0. The largest absolute Gasteiger partial charge is 0.480 e. The molecular weight excluding hydrogens is 255 g/mol. The number of aryl methyl sites for hydroxylation is 1. The van der Waals surface area contributed by atoms with Crippen LogP contribution in [0.2, 0.25) is 0 Å². The Morgan fingerprint density at radius 1 is 1.42 bits per heavy atom. The Bertz CT molecular complexity index is 479. The van der Waals surface area contributed by atoms with Crippen LogP contribution in [0.1, 0.15) is 12.0 Å². The van der Waals surface area contributed by atoms with Gasteiger partial charge >= 0.3 is 12.0 Å². The first kappa shape index (κ1) is 14.9. The van der Waals surface area contributed by atoms with Gasteiger partial charge in [0.2, 0.25) is 0 Å². The van der Waals surface area contributed by atoms with Gasteiger partial charge in [0.25, 0.3) is 0 Å². The van der Waals surface area contributed by atoms with Crippen LogP contribution in [0.4, 0.5) is 14.9 Å². The number of carbonyl (C=O) groups excluding carboxylic acids is 1. The molecular formula is C12H15FN2O4. The van der Waals surface area contributed by atoms with Gasteiger partial charge in [-0.05, 0) is 24.6 Å². The van der Waals surface area contributed by atoms with E-state index >= 15 is 0 Å². The van der Waals surface area contributed by atoms with Crippen molar-refractivity contribution in [3.8, 4) is 0 Å². The van der Waals surface area contributed by atoms with Crippen molar-refractivity contribution < 1.29 is 24.2 Å². The number of nitrogens with one attached hydrogen (secondary N) is 2. The highest BCUT2D eigenvalue weighted by molar-refractivity contribution is 5.92. The molecule has 104 valence electrons. The Hall–Kier alpha value is -2.15. The molecule has 1 aromatic rings. The molecule has 19 heavy (non-hydrogen) atoms. The van der Waals surface area contributed by atoms with Crippen LogP contribution in [-0.4, -0.2) is 34.9 Å². The number of carbonyl (C=O) groups is 2. The second kappa shape index (κ2) is 6.69. The summed E-state index contributed by atoms with van der Waals surface area (Å²) in [4.78, 5) is 22.3. The molecule has 0 saturated carbocycles. The van der Waals surface area contributed by atoms with Crippen LogP contribution < -0.4 is 10.6 Å². The maximum absolute atomic E-state index is 13.5. The van der Waals surface area contributed by atoms with Crippen molar-refractivity contribution in [3.05, 3.63) is 29.6 Å². The Kier molecular flexibility index (Phi) is 5.25. The Balaban J connectivity index is 2.66. The first-order valence-electron chi connectivity index (χ1n) is 5.61. The SMILES string of the molecule is Cc1ccc(NC(=O)N[C@@H](CCO)C(=O)O)c(F)c1. The molecule has 1 atom stereocenters. The normalized spacial score (nSPS) is 11.7. The van der Waals surface area contributed by atoms with Crippen molar-refractivity contribution in [1.29, 1.82) is 0 Å². The van der Waals surface area contributed by atoms with Crippen LogP contribution in [0.3, 0.4) is 0 Å². The van der Waals surface area contributed by atoms with E-state index in [0.29, 0.717) is 5.56 Å². The first-order valence-corrected chi connectivity index (χ1v) is 5.61. The third-order valence-electron chi connectivity index (χ3n) is 2.39. The van der Waals surface area contributed by atoms with Crippen molar-refractivity contribution in [3.63, 3.8) is 0 Å². The zero-order chi connectivity index (χ0) is 14.4. The van der Waals surface area contributed by atoms with Gasteiger partial charge in [-0.1, -0.05) is 6.07 Å². The number of aliphatic hydroxyl groups excluding tert-OH is 1. The Morgan fingerprint density at radius 2 is 2.11 bits per heavy atom. The molecule has 0 heterocycles. The molecule has 1 aromatic carbocycles. The highest BCUT2D eigenvalue weighted by Gasteiger charge is 2.19. The number of amides is 2. The molecule has 6 nitrogen and oxygen atoms in total. The molecule has 0 aromatic heterocycles. The number of hydrogen-bond acceptors (Lipinski definition) is 3. The molecule has 0 aliphatic rings. The van der Waals surface area contributed by atoms with E-state index in [1.54, 1.807) is 13.0 Å². The summed E-state index contributed by atoms with van der Waals surface area (Å²) in [6.07, 6.45) is -0.126. The highest BCUT2D eigenvalue weighted by Crippen LogP contribution is 2.14. The third-order valence-corrected chi connectivity index (χ3v) is 2.39. The van der Waals surface area contributed by atoms with Crippen LogP contribution in [0.25, 0.3) is 0 Å². The number of rotatable bonds is 5. The Labute approximate surface area is 109 Å². The number of hydrogen-bond donors (Lipinski definition) is 4. The summed E-state index contributed by atoms with van der Waals surface area (Å²) in [5.41, 5.74) is 0.656. The third kappa shape index (κ3) is 4.55. The fourth-order valence-electron chi connectivity index (χ4n) is 1.42. The van der Waals surface area contributed by atoms with E-state index in [2.05, 4.69) is 10.6 Å². The van der Waals surface area contributed by atoms with Crippen LogP contribution in [0.5, 0.6) is 0 Å². The molecule has 0 aliphatic carbocycles. The fourth-order valence-corrected chi connectivity index (χ4v) is 1.42. The molecule has 0 unspecified atom stereocenters. The van der Waals surface area contributed by atoms with Gasteiger partial charge < -0.3 is 20.8 Å². The van der Waals surface area contributed by atoms with Crippen LogP contribution in [-0.2, 0) is 4.79 Å². The van der Waals surface area contributed by atoms with Crippen molar-refractivity contribution in [2.45, 2.75) is 19.4 Å². The molecule has 0 bridgehead atoms. The quantitative estimate of drug-likeness (QED) is 0.643. The maximum Gasteiger partial charge on any atom is 0.326 e. The minimum absolute atomic E-state index is 0.0452. The van der Waals surface area contributed by atoms with Gasteiger partial charge in [-0.25, -0.2) is 14.0 Å². The summed E-state index contributed by atoms with van der Waals surface area (Å²) in [5.74, 6) is -1.88. The molecule has 0 fully saturated rings. The topological polar surface area (TPSA) is 98.7 Å². The molecule has 0 aliphatic heterocycles. The second-order valence-electron chi connectivity index (χ2n) is 3.98. The standard InChI is InChI=1S/C12H15FN2O4/c1-7-2-3-9(8(13)6-7)14-12(19)15-10(4-5-16)11(17)18/h2-3,6,10,16H,4-5H2,1H3,(H,17,18)(H2,14,15,19)/t10-/m0/s1. The lowest BCUT2D eigenvalue weighted by molar-refractivity contribution is -0.139. The number of halogens is 1. The molecule has 0 radical (unpaired) electrons. The average molecular weight is 270 g/mol. The summed E-state index contributed by atoms with van der Waals surface area (Å²) in [6, 6.07) is 2.17. The molecule has 2 amide bonds. The summed E-state index contributed by atoms with van der Waals surface area (Å²) < 4.78 is 13.5. The molecule has 1 rings (SSSR count). The van der Waals surface area contributed by atoms with Gasteiger partial charge in [0.05, 0.1) is 5.69 Å². The van der Waals surface area contributed by atoms with E-state index in [4.69, 9.17) is 10.2 Å². The van der Waals surface area contributed by atoms with E-state index in [0.717, 1.165) is 0 Å². The smallest absolute Gasteiger partial charge is 0.326 e. The van der Waals surface area contributed by atoms with E-state index in [1.165, 1.54) is 12.1 Å². The number of carboxylic acid groups (broad SMARTS) is 1. The predicted octanol–water partition coefficient (Wildman–Crippen LogP) is 1.09. The summed E-state index contributed by atoms with van der Waals surface area (Å²) in [6.45, 7) is 1.32. The van der Waals surface area contributed by atoms with Gasteiger partial charge in [0.1, 0.15) is 11.9 Å². The zero-order valence-corrected chi connectivity index (χ0v) is 10.3. The number of aliphatic hydroxyl groups is 1. The lowest BCUT2D eigenvalue weighted by Crippen LogP contribution is -2.43. The predicted molar refractivity (Wildman–Crippen MR) is 66.4 cm³/mol. The number of urea groups is 1. The molecule has 0 spiro atoms. The summed E-state index contributed by atoms with van der Waals surface area (Å²) in [7, 11) is 0. The van der Waals surface area contributed by atoms with E-state index in [9.17, 15) is 14.0 Å². The minimum atomic E-state index is -1.27. The van der Waals surface area contributed by atoms with E-state index in [1.807, 2.05) is 0 Å². The van der Waals surface area contributed by atoms with Gasteiger partial charge in [0, 0.05) is 13.0 Å². The average Bonchev–Trinajstić information content (AvgIpc) is 2.32. The van der Waals surface area contributed by atoms with Crippen molar-refractivity contribution in [1.82, 2.24) is 5.32 Å². The van der Waals surface area contributed by atoms with E-state index in [-0.39, 0.29) is 18.7 Å². The number of anilines is 1. The molecule has 7 heteroatoms. The van der Waals surface area contributed by atoms with Gasteiger partial charge in [0.15, 0.2) is 0 Å². The van der Waals surface area contributed by atoms with Gasteiger partial charge in [-0.3, -0.25) is 0 Å². The monoisotopic (exact) mass is 270 g/mol. The minimum Gasteiger partial charge on any atom is -0.480 e. The first-order chi connectivity index (χ1) is 8.93. The molecule has 4 N–H and O–H groups in total. The number of carboxylic acids is 1. The van der Waals surface area contributed by atoms with Gasteiger partial charge in [-0.15, -0.1) is 0 Å². The van der Waals surface area contributed by atoms with Gasteiger partial charge in [-0.2, -0.15) is 0 Å². The molecule has 0 saturated heterocycles. The van der Waals surface area contributed by atoms with E-state index < -0.39 is 23.9 Å². The van der Waals surface area contributed by atoms with Crippen molar-refractivity contribution >= 4 is 17.7 Å². The number of benzene rings is 1. The maximum atomic E-state index is 13.5. The second-order valence-corrected chi connectivity index (χ2v) is 3.98. The highest BCUT2D eigenvalue weighted by atomic mass is 19.1.